The van der Waals surface area contributed by atoms with E-state index in [2.05, 4.69) is 10.6 Å². The second-order valence-corrected chi connectivity index (χ2v) is 3.42. The van der Waals surface area contributed by atoms with E-state index in [1.54, 1.807) is 0 Å². The van der Waals surface area contributed by atoms with E-state index in [1.807, 2.05) is 0 Å². The lowest BCUT2D eigenvalue weighted by atomic mass is 9.81. The average Bonchev–Trinajstić information content (AvgIpc) is 2.40. The first-order valence-electron chi connectivity index (χ1n) is 3.90. The molecule has 2 rings (SSSR count). The van der Waals surface area contributed by atoms with Crippen LogP contribution in [0.4, 0.5) is 0 Å². The first-order chi connectivity index (χ1) is 5.26. The third kappa shape index (κ3) is 0.795. The van der Waals surface area contributed by atoms with Crippen LogP contribution in [0.3, 0.4) is 0 Å². The molecule has 0 amide bonds. The van der Waals surface area contributed by atoms with E-state index in [9.17, 15) is 4.79 Å². The van der Waals surface area contributed by atoms with Crippen molar-refractivity contribution in [2.45, 2.75) is 0 Å². The lowest BCUT2D eigenvalue weighted by Crippen LogP contribution is -2.39. The van der Waals surface area contributed by atoms with Crippen LogP contribution in [0.1, 0.15) is 0 Å². The van der Waals surface area contributed by atoms with E-state index in [0.29, 0.717) is 19.0 Å². The van der Waals surface area contributed by atoms with Gasteiger partial charge in [-0.1, -0.05) is 0 Å². The molecular weight excluding hydrogens is 144 g/mol. The first kappa shape index (κ1) is 7.06. The van der Waals surface area contributed by atoms with E-state index >= 15 is 0 Å². The minimum atomic E-state index is -0.655. The highest BCUT2D eigenvalue weighted by atomic mass is 16.4. The van der Waals surface area contributed by atoms with Crippen LogP contribution < -0.4 is 10.6 Å². The Hall–Kier alpha value is -0.610. The van der Waals surface area contributed by atoms with Crippen molar-refractivity contribution in [2.75, 3.05) is 26.2 Å². The molecule has 0 spiro atoms. The van der Waals surface area contributed by atoms with Gasteiger partial charge in [0.15, 0.2) is 0 Å². The fourth-order valence-corrected chi connectivity index (χ4v) is 2.08. The van der Waals surface area contributed by atoms with Crippen molar-refractivity contribution in [3.05, 3.63) is 0 Å². The molecule has 4 heteroatoms. The highest BCUT2D eigenvalue weighted by molar-refractivity contribution is 5.77. The van der Waals surface area contributed by atoms with Crippen molar-refractivity contribution in [1.29, 1.82) is 0 Å². The quantitative estimate of drug-likeness (QED) is 0.450. The van der Waals surface area contributed by atoms with Crippen LogP contribution >= 0.6 is 0 Å². The second kappa shape index (κ2) is 2.19. The van der Waals surface area contributed by atoms with Crippen LogP contribution in [-0.4, -0.2) is 37.3 Å². The molecule has 0 saturated carbocycles. The van der Waals surface area contributed by atoms with Gasteiger partial charge >= 0.3 is 5.97 Å². The van der Waals surface area contributed by atoms with E-state index in [0.717, 1.165) is 13.1 Å². The molecule has 2 aliphatic heterocycles. The van der Waals surface area contributed by atoms with Gasteiger partial charge in [0.25, 0.3) is 0 Å². The van der Waals surface area contributed by atoms with Gasteiger partial charge in [0.1, 0.15) is 0 Å². The van der Waals surface area contributed by atoms with Gasteiger partial charge in [0.2, 0.25) is 0 Å². The molecule has 2 heterocycles. The van der Waals surface area contributed by atoms with E-state index < -0.39 is 11.4 Å². The number of carboxylic acids is 1. The fraction of sp³-hybridized carbons (Fsp3) is 0.857. The molecule has 0 unspecified atom stereocenters. The largest absolute Gasteiger partial charge is 0.481 e. The Morgan fingerprint density at radius 1 is 1.36 bits per heavy atom. The third-order valence-corrected chi connectivity index (χ3v) is 2.87. The van der Waals surface area contributed by atoms with Crippen LogP contribution in [0, 0.1) is 11.3 Å². The number of rotatable bonds is 1. The number of nitrogens with one attached hydrogen (secondary N) is 2. The van der Waals surface area contributed by atoms with Gasteiger partial charge in [0, 0.05) is 32.1 Å². The molecule has 0 aliphatic carbocycles. The average molecular weight is 156 g/mol. The molecule has 0 aromatic rings. The summed E-state index contributed by atoms with van der Waals surface area (Å²) in [6.45, 7) is 2.94. The SMILES string of the molecule is O=C(O)C12CNCC1CNC2. The zero-order valence-corrected chi connectivity index (χ0v) is 6.26. The predicted molar refractivity (Wildman–Crippen MR) is 39.3 cm³/mol. The van der Waals surface area contributed by atoms with Gasteiger partial charge in [-0.3, -0.25) is 4.79 Å². The van der Waals surface area contributed by atoms with Crippen molar-refractivity contribution < 1.29 is 9.90 Å². The van der Waals surface area contributed by atoms with E-state index in [-0.39, 0.29) is 0 Å². The van der Waals surface area contributed by atoms with Gasteiger partial charge in [0.05, 0.1) is 5.41 Å². The summed E-state index contributed by atoms with van der Waals surface area (Å²) in [4.78, 5) is 10.9. The highest BCUT2D eigenvalue weighted by Crippen LogP contribution is 2.34. The molecule has 0 bridgehead atoms. The maximum Gasteiger partial charge on any atom is 0.312 e. The molecule has 2 fully saturated rings. The van der Waals surface area contributed by atoms with Gasteiger partial charge in [-0.05, 0) is 0 Å². The summed E-state index contributed by atoms with van der Waals surface area (Å²) in [7, 11) is 0. The zero-order chi connectivity index (χ0) is 7.90. The topological polar surface area (TPSA) is 61.4 Å². The lowest BCUT2D eigenvalue weighted by Gasteiger charge is -2.20. The first-order valence-corrected chi connectivity index (χ1v) is 3.90. The summed E-state index contributed by atoms with van der Waals surface area (Å²) in [5.74, 6) is -0.363. The molecule has 4 nitrogen and oxygen atoms in total. The molecule has 2 saturated heterocycles. The highest BCUT2D eigenvalue weighted by Gasteiger charge is 2.52. The summed E-state index contributed by atoms with van der Waals surface area (Å²) < 4.78 is 0. The normalized spacial score (nSPS) is 42.4. The van der Waals surface area contributed by atoms with Crippen LogP contribution in [-0.2, 0) is 4.79 Å². The number of carboxylic acid groups (broad SMARTS) is 1. The van der Waals surface area contributed by atoms with Crippen molar-refractivity contribution >= 4 is 5.97 Å². The molecule has 0 aromatic carbocycles. The summed E-state index contributed by atoms with van der Waals surface area (Å²) in [6, 6.07) is 0. The van der Waals surface area contributed by atoms with Crippen LogP contribution in [0.5, 0.6) is 0 Å². The van der Waals surface area contributed by atoms with Crippen LogP contribution in [0.25, 0.3) is 0 Å². The summed E-state index contributed by atoms with van der Waals surface area (Å²) in [5, 5.41) is 15.2. The van der Waals surface area contributed by atoms with Gasteiger partial charge in [-0.15, -0.1) is 0 Å². The number of hydrogen-bond donors (Lipinski definition) is 3. The Labute approximate surface area is 65.0 Å². The van der Waals surface area contributed by atoms with Crippen molar-refractivity contribution in [3.8, 4) is 0 Å². The van der Waals surface area contributed by atoms with Crippen LogP contribution in [0.2, 0.25) is 0 Å². The van der Waals surface area contributed by atoms with Gasteiger partial charge in [-0.2, -0.15) is 0 Å². The minimum absolute atomic E-state index is 0.292. The van der Waals surface area contributed by atoms with Crippen molar-refractivity contribution in [1.82, 2.24) is 10.6 Å². The molecule has 0 radical (unpaired) electrons. The second-order valence-electron chi connectivity index (χ2n) is 3.42. The summed E-state index contributed by atoms with van der Waals surface area (Å²) >= 11 is 0. The Morgan fingerprint density at radius 3 is 2.27 bits per heavy atom. The molecule has 11 heavy (non-hydrogen) atoms. The van der Waals surface area contributed by atoms with E-state index in [1.165, 1.54) is 0 Å². The Balaban J connectivity index is 2.26. The minimum Gasteiger partial charge on any atom is -0.481 e. The smallest absolute Gasteiger partial charge is 0.312 e. The monoisotopic (exact) mass is 156 g/mol. The fourth-order valence-electron chi connectivity index (χ4n) is 2.08. The van der Waals surface area contributed by atoms with Crippen LogP contribution in [0.15, 0.2) is 0 Å². The molecule has 0 atom stereocenters. The molecule has 3 N–H and O–H groups in total. The summed E-state index contributed by atoms with van der Waals surface area (Å²) in [5.41, 5.74) is -0.500. The Kier molecular flexibility index (Phi) is 1.40. The number of carbonyl (C=O) groups is 1. The standard InChI is InChI=1S/C7H12N2O2/c10-6(11)7-3-8-1-5(7)2-9-4-7/h5,8-9H,1-4H2,(H,10,11). The number of fused-ring (bicyclic) bond motifs is 1. The Morgan fingerprint density at radius 2 is 1.91 bits per heavy atom. The Bertz CT molecular complexity index is 183. The zero-order valence-electron chi connectivity index (χ0n) is 6.26. The number of hydrogen-bond acceptors (Lipinski definition) is 3. The van der Waals surface area contributed by atoms with Crippen molar-refractivity contribution in [2.24, 2.45) is 11.3 Å². The molecule has 62 valence electrons. The molecular formula is C7H12N2O2. The molecule has 2 aliphatic rings. The molecule has 0 aromatic heterocycles. The number of aliphatic carboxylic acids is 1. The predicted octanol–water partition coefficient (Wildman–Crippen LogP) is -1.12. The maximum atomic E-state index is 10.9. The van der Waals surface area contributed by atoms with Crippen molar-refractivity contribution in [3.63, 3.8) is 0 Å². The van der Waals surface area contributed by atoms with Gasteiger partial charge in [-0.25, -0.2) is 0 Å². The van der Waals surface area contributed by atoms with E-state index in [4.69, 9.17) is 5.11 Å². The lowest BCUT2D eigenvalue weighted by molar-refractivity contribution is -0.148. The third-order valence-electron chi connectivity index (χ3n) is 2.87. The van der Waals surface area contributed by atoms with Gasteiger partial charge < -0.3 is 15.7 Å². The maximum absolute atomic E-state index is 10.9. The summed E-state index contributed by atoms with van der Waals surface area (Å²) in [6.07, 6.45) is 0.